The molecule has 0 aliphatic heterocycles. The van der Waals surface area contributed by atoms with Gasteiger partial charge < -0.3 is 10.2 Å². The van der Waals surface area contributed by atoms with Crippen LogP contribution in [0.25, 0.3) is 0 Å². The third-order valence-electron chi connectivity index (χ3n) is 2.85. The van der Waals surface area contributed by atoms with Crippen LogP contribution in [0.15, 0.2) is 46.9 Å². The molecule has 0 saturated heterocycles. The molecular formula is C16H18N2O2S. The van der Waals surface area contributed by atoms with E-state index in [-0.39, 0.29) is 12.5 Å². The van der Waals surface area contributed by atoms with E-state index < -0.39 is 0 Å². The molecule has 4 nitrogen and oxygen atoms in total. The normalized spacial score (nSPS) is 11.0. The molecule has 0 aliphatic rings. The summed E-state index contributed by atoms with van der Waals surface area (Å²) in [5, 5.41) is 8.48. The highest BCUT2D eigenvalue weighted by molar-refractivity contribution is 7.11. The number of rotatable bonds is 6. The van der Waals surface area contributed by atoms with Crippen molar-refractivity contribution in [1.82, 2.24) is 0 Å². The van der Waals surface area contributed by atoms with Gasteiger partial charge in [-0.2, -0.15) is 0 Å². The fourth-order valence-electron chi connectivity index (χ4n) is 1.70. The van der Waals surface area contributed by atoms with Crippen molar-refractivity contribution in [3.05, 3.63) is 52.2 Å². The Morgan fingerprint density at radius 1 is 1.33 bits per heavy atom. The predicted octanol–water partition coefficient (Wildman–Crippen LogP) is 3.86. The highest BCUT2D eigenvalue weighted by atomic mass is 32.1. The lowest BCUT2D eigenvalue weighted by Gasteiger charge is -2.07. The van der Waals surface area contributed by atoms with E-state index in [9.17, 15) is 4.79 Å². The molecule has 0 saturated carbocycles. The van der Waals surface area contributed by atoms with Crippen LogP contribution in [-0.4, -0.2) is 18.7 Å². The Labute approximate surface area is 128 Å². The highest BCUT2D eigenvalue weighted by Crippen LogP contribution is 2.17. The molecule has 0 unspecified atom stereocenters. The fourth-order valence-corrected chi connectivity index (χ4v) is 2.27. The Morgan fingerprint density at radius 2 is 2.10 bits per heavy atom. The van der Waals surface area contributed by atoms with Crippen molar-refractivity contribution in [1.29, 1.82) is 0 Å². The molecule has 0 spiro atoms. The SMILES string of the molecule is CC(C)c1ccc(NC(=O)CO/N=C/c2cccs2)cc1. The number of carbonyl (C=O) groups excluding carboxylic acids is 1. The van der Waals surface area contributed by atoms with E-state index >= 15 is 0 Å². The molecule has 5 heteroatoms. The average Bonchev–Trinajstić information content (AvgIpc) is 2.97. The number of benzene rings is 1. The summed E-state index contributed by atoms with van der Waals surface area (Å²) < 4.78 is 0. The topological polar surface area (TPSA) is 50.7 Å². The maximum Gasteiger partial charge on any atom is 0.265 e. The van der Waals surface area contributed by atoms with E-state index in [1.165, 1.54) is 5.56 Å². The van der Waals surface area contributed by atoms with Crippen LogP contribution < -0.4 is 5.32 Å². The molecule has 1 aromatic carbocycles. The van der Waals surface area contributed by atoms with Gasteiger partial charge in [-0.3, -0.25) is 4.79 Å². The molecule has 2 aromatic rings. The zero-order chi connectivity index (χ0) is 15.1. The number of thiophene rings is 1. The summed E-state index contributed by atoms with van der Waals surface area (Å²) in [5.74, 6) is 0.250. The lowest BCUT2D eigenvalue weighted by molar-refractivity contribution is -0.120. The summed E-state index contributed by atoms with van der Waals surface area (Å²) in [6.45, 7) is 4.16. The molecule has 0 fully saturated rings. The van der Waals surface area contributed by atoms with E-state index in [1.54, 1.807) is 17.6 Å². The minimum atomic E-state index is -0.226. The van der Waals surface area contributed by atoms with E-state index in [0.717, 1.165) is 10.6 Å². The predicted molar refractivity (Wildman–Crippen MR) is 87.0 cm³/mol. The van der Waals surface area contributed by atoms with Gasteiger partial charge in [0.1, 0.15) is 0 Å². The standard InChI is InChI=1S/C16H18N2O2S/c1-12(2)13-5-7-14(8-6-13)18-16(19)11-20-17-10-15-4-3-9-21-15/h3-10,12H,11H2,1-2H3,(H,18,19)/b17-10+. The molecule has 1 N–H and O–H groups in total. The van der Waals surface area contributed by atoms with Gasteiger partial charge in [-0.05, 0) is 35.1 Å². The zero-order valence-electron chi connectivity index (χ0n) is 12.1. The molecule has 0 radical (unpaired) electrons. The average molecular weight is 302 g/mol. The van der Waals surface area contributed by atoms with Gasteiger partial charge in [-0.1, -0.05) is 37.2 Å². The molecule has 21 heavy (non-hydrogen) atoms. The van der Waals surface area contributed by atoms with Crippen molar-refractivity contribution in [3.8, 4) is 0 Å². The van der Waals surface area contributed by atoms with Gasteiger partial charge in [-0.15, -0.1) is 11.3 Å². The molecule has 0 bridgehead atoms. The van der Waals surface area contributed by atoms with Crippen LogP contribution in [0.3, 0.4) is 0 Å². The monoisotopic (exact) mass is 302 g/mol. The van der Waals surface area contributed by atoms with Crippen molar-refractivity contribution in [2.75, 3.05) is 11.9 Å². The summed E-state index contributed by atoms with van der Waals surface area (Å²) in [5.41, 5.74) is 2.00. The van der Waals surface area contributed by atoms with Crippen LogP contribution >= 0.6 is 11.3 Å². The second-order valence-corrected chi connectivity index (χ2v) is 5.83. The number of oxime groups is 1. The minimum absolute atomic E-state index is 0.103. The first kappa shape index (κ1) is 15.3. The third kappa shape index (κ3) is 5.04. The van der Waals surface area contributed by atoms with Crippen molar-refractivity contribution >= 4 is 29.1 Å². The quantitative estimate of drug-likeness (QED) is 0.650. The molecular weight excluding hydrogens is 284 g/mol. The molecule has 0 aliphatic carbocycles. The van der Waals surface area contributed by atoms with E-state index in [2.05, 4.69) is 24.3 Å². The Hall–Kier alpha value is -2.14. The van der Waals surface area contributed by atoms with Crippen molar-refractivity contribution in [3.63, 3.8) is 0 Å². The summed E-state index contributed by atoms with van der Waals surface area (Å²) in [6.07, 6.45) is 1.59. The molecule has 1 heterocycles. The number of hydrogen-bond donors (Lipinski definition) is 1. The van der Waals surface area contributed by atoms with Crippen LogP contribution in [0.5, 0.6) is 0 Å². The van der Waals surface area contributed by atoms with Gasteiger partial charge in [0.15, 0.2) is 6.61 Å². The van der Waals surface area contributed by atoms with Crippen LogP contribution in [0.4, 0.5) is 5.69 Å². The van der Waals surface area contributed by atoms with Crippen molar-refractivity contribution < 1.29 is 9.63 Å². The number of amides is 1. The number of nitrogens with zero attached hydrogens (tertiary/aromatic N) is 1. The lowest BCUT2D eigenvalue weighted by atomic mass is 10.0. The Kier molecular flexibility index (Phi) is 5.51. The zero-order valence-corrected chi connectivity index (χ0v) is 12.9. The Bertz CT molecular complexity index is 589. The van der Waals surface area contributed by atoms with E-state index in [0.29, 0.717) is 5.92 Å². The van der Waals surface area contributed by atoms with Gasteiger partial charge in [-0.25, -0.2) is 0 Å². The van der Waals surface area contributed by atoms with Crippen LogP contribution in [0.1, 0.15) is 30.2 Å². The number of carbonyl (C=O) groups is 1. The van der Waals surface area contributed by atoms with E-state index in [4.69, 9.17) is 4.84 Å². The van der Waals surface area contributed by atoms with Crippen molar-refractivity contribution in [2.45, 2.75) is 19.8 Å². The minimum Gasteiger partial charge on any atom is -0.386 e. The first-order valence-electron chi connectivity index (χ1n) is 6.74. The Balaban J connectivity index is 1.76. The van der Waals surface area contributed by atoms with Crippen molar-refractivity contribution in [2.24, 2.45) is 5.16 Å². The lowest BCUT2D eigenvalue weighted by Crippen LogP contribution is -2.16. The van der Waals surface area contributed by atoms with Crippen LogP contribution in [0.2, 0.25) is 0 Å². The Morgan fingerprint density at radius 3 is 2.71 bits per heavy atom. The number of anilines is 1. The first-order valence-corrected chi connectivity index (χ1v) is 7.62. The summed E-state index contributed by atoms with van der Waals surface area (Å²) >= 11 is 1.56. The second kappa shape index (κ2) is 7.59. The summed E-state index contributed by atoms with van der Waals surface area (Å²) in [7, 11) is 0. The smallest absolute Gasteiger partial charge is 0.265 e. The van der Waals surface area contributed by atoms with Crippen LogP contribution in [0, 0.1) is 0 Å². The summed E-state index contributed by atoms with van der Waals surface area (Å²) in [4.78, 5) is 17.6. The summed E-state index contributed by atoms with van der Waals surface area (Å²) in [6, 6.07) is 11.7. The van der Waals surface area contributed by atoms with Gasteiger partial charge in [0.25, 0.3) is 5.91 Å². The third-order valence-corrected chi connectivity index (χ3v) is 3.66. The van der Waals surface area contributed by atoms with E-state index in [1.807, 2.05) is 41.8 Å². The molecule has 110 valence electrons. The maximum atomic E-state index is 11.7. The molecule has 2 rings (SSSR count). The number of nitrogens with one attached hydrogen (secondary N) is 1. The fraction of sp³-hybridized carbons (Fsp3) is 0.250. The molecule has 1 amide bonds. The first-order chi connectivity index (χ1) is 10.1. The van der Waals surface area contributed by atoms with Gasteiger partial charge >= 0.3 is 0 Å². The highest BCUT2D eigenvalue weighted by Gasteiger charge is 2.03. The largest absolute Gasteiger partial charge is 0.386 e. The van der Waals surface area contributed by atoms with Crippen LogP contribution in [-0.2, 0) is 9.63 Å². The second-order valence-electron chi connectivity index (χ2n) is 4.85. The van der Waals surface area contributed by atoms with Gasteiger partial charge in [0, 0.05) is 10.6 Å². The number of hydrogen-bond acceptors (Lipinski definition) is 4. The van der Waals surface area contributed by atoms with Gasteiger partial charge in [0.05, 0.1) is 6.21 Å². The maximum absolute atomic E-state index is 11.7. The molecule has 1 aromatic heterocycles. The molecule has 0 atom stereocenters. The van der Waals surface area contributed by atoms with Gasteiger partial charge in [0.2, 0.25) is 0 Å².